The summed E-state index contributed by atoms with van der Waals surface area (Å²) in [6.45, 7) is 2.05. The molecule has 0 unspecified atom stereocenters. The Hall–Kier alpha value is -3.53. The molecule has 0 aliphatic heterocycles. The zero-order valence-electron chi connectivity index (χ0n) is 14.3. The van der Waals surface area contributed by atoms with E-state index in [2.05, 4.69) is 22.3 Å². The van der Waals surface area contributed by atoms with Gasteiger partial charge in [0, 0.05) is 26.9 Å². The van der Waals surface area contributed by atoms with E-state index in [1.54, 1.807) is 0 Å². The van der Waals surface area contributed by atoms with Crippen LogP contribution in [0.3, 0.4) is 0 Å². The fraction of sp³-hybridized carbons (Fsp3) is 0.0455. The average molecular weight is 339 g/mol. The van der Waals surface area contributed by atoms with Crippen LogP contribution in [0.4, 0.5) is 0 Å². The second-order valence-corrected chi connectivity index (χ2v) is 6.12. The molecule has 0 bridgehead atoms. The monoisotopic (exact) mass is 339 g/mol. The van der Waals surface area contributed by atoms with Gasteiger partial charge in [-0.25, -0.2) is 0 Å². The first-order valence-corrected chi connectivity index (χ1v) is 8.42. The highest BCUT2D eigenvalue weighted by Gasteiger charge is 2.22. The Morgan fingerprint density at radius 2 is 1.08 bits per heavy atom. The van der Waals surface area contributed by atoms with E-state index in [1.807, 2.05) is 79.7 Å². The lowest BCUT2D eigenvalue weighted by Gasteiger charge is -2.12. The molecular formula is C22H17N3O. The van der Waals surface area contributed by atoms with Gasteiger partial charge in [0.25, 0.3) is 0 Å². The maximum absolute atomic E-state index is 12.2. The number of hydrogen-bond donors (Lipinski definition) is 0. The van der Waals surface area contributed by atoms with Gasteiger partial charge in [-0.1, -0.05) is 90.5 Å². The number of benzene rings is 3. The molecule has 4 aromatic rings. The lowest BCUT2D eigenvalue weighted by atomic mass is 9.94. The molecule has 0 saturated carbocycles. The highest BCUT2D eigenvalue weighted by molar-refractivity contribution is 5.90. The van der Waals surface area contributed by atoms with Gasteiger partial charge in [0.05, 0.1) is 4.96 Å². The highest BCUT2D eigenvalue weighted by Crippen LogP contribution is 2.36. The van der Waals surface area contributed by atoms with Crippen molar-refractivity contribution in [1.82, 2.24) is 10.2 Å². The molecule has 0 saturated heterocycles. The molecule has 4 nitrogen and oxygen atoms in total. The number of aromatic nitrogens is 3. The summed E-state index contributed by atoms with van der Waals surface area (Å²) in [5.41, 5.74) is 6.02. The SMILES string of the molecule is Cc1ccc(-c2c(-c3ccccc3)n[n+]([O-])nc2-c2ccccc2)cc1. The van der Waals surface area contributed by atoms with Crippen molar-refractivity contribution >= 4 is 0 Å². The van der Waals surface area contributed by atoms with Crippen molar-refractivity contribution in [2.75, 3.05) is 0 Å². The van der Waals surface area contributed by atoms with Crippen molar-refractivity contribution in [3.63, 3.8) is 0 Å². The van der Waals surface area contributed by atoms with Crippen molar-refractivity contribution in [3.05, 3.63) is 95.7 Å². The lowest BCUT2D eigenvalue weighted by Crippen LogP contribution is -2.37. The van der Waals surface area contributed by atoms with E-state index in [4.69, 9.17) is 0 Å². The van der Waals surface area contributed by atoms with E-state index >= 15 is 0 Å². The molecule has 0 atom stereocenters. The predicted octanol–water partition coefficient (Wildman–Crippen LogP) is 4.42. The number of hydrogen-bond acceptors (Lipinski definition) is 3. The molecular weight excluding hydrogens is 322 g/mol. The topological polar surface area (TPSA) is 52.7 Å². The van der Waals surface area contributed by atoms with E-state index < -0.39 is 0 Å². The maximum Gasteiger partial charge on any atom is 0.152 e. The van der Waals surface area contributed by atoms with Crippen LogP contribution < -0.4 is 4.96 Å². The summed E-state index contributed by atoms with van der Waals surface area (Å²) in [4.78, 5) is 0.405. The molecule has 0 aliphatic carbocycles. The van der Waals surface area contributed by atoms with Crippen LogP contribution in [0.5, 0.6) is 0 Å². The fourth-order valence-electron chi connectivity index (χ4n) is 3.00. The smallest absolute Gasteiger partial charge is 0.152 e. The minimum absolute atomic E-state index is 0.405. The van der Waals surface area contributed by atoms with E-state index in [-0.39, 0.29) is 0 Å². The molecule has 0 radical (unpaired) electrons. The van der Waals surface area contributed by atoms with E-state index in [0.29, 0.717) is 16.3 Å². The standard InChI is InChI=1S/C22H17N3O/c1-16-12-14-17(15-13-16)20-21(18-8-4-2-5-9-18)23-25(26)24-22(20)19-10-6-3-7-11-19/h2-15H,1H3. The third kappa shape index (κ3) is 3.05. The minimum Gasteiger partial charge on any atom is -0.569 e. The average Bonchev–Trinajstić information content (AvgIpc) is 2.69. The minimum atomic E-state index is 0.405. The van der Waals surface area contributed by atoms with Crippen molar-refractivity contribution in [3.8, 4) is 33.6 Å². The summed E-state index contributed by atoms with van der Waals surface area (Å²) < 4.78 is 0. The molecule has 3 aromatic carbocycles. The van der Waals surface area contributed by atoms with Gasteiger partial charge in [0.15, 0.2) is 11.4 Å². The third-order valence-electron chi connectivity index (χ3n) is 4.28. The van der Waals surface area contributed by atoms with Crippen LogP contribution in [0.1, 0.15) is 5.56 Å². The first kappa shape index (κ1) is 16.0. The van der Waals surface area contributed by atoms with Crippen LogP contribution in [0, 0.1) is 12.1 Å². The van der Waals surface area contributed by atoms with Crippen molar-refractivity contribution in [2.24, 2.45) is 0 Å². The Kier molecular flexibility index (Phi) is 4.15. The Balaban J connectivity index is 2.06. The summed E-state index contributed by atoms with van der Waals surface area (Å²) >= 11 is 0. The number of aryl methyl sites for hydroxylation is 1. The molecule has 0 amide bonds. The van der Waals surface area contributed by atoms with E-state index in [0.717, 1.165) is 22.3 Å². The van der Waals surface area contributed by atoms with E-state index in [9.17, 15) is 5.21 Å². The van der Waals surface area contributed by atoms with Gasteiger partial charge >= 0.3 is 0 Å². The Morgan fingerprint density at radius 3 is 1.54 bits per heavy atom. The molecule has 0 fully saturated rings. The van der Waals surface area contributed by atoms with Gasteiger partial charge in [0.2, 0.25) is 0 Å². The summed E-state index contributed by atoms with van der Waals surface area (Å²) in [5, 5.41) is 20.5. The quantitative estimate of drug-likeness (QED) is 0.410. The number of nitrogens with zero attached hydrogens (tertiary/aromatic N) is 3. The molecule has 4 heteroatoms. The second kappa shape index (κ2) is 6.76. The van der Waals surface area contributed by atoms with Gasteiger partial charge in [0.1, 0.15) is 0 Å². The van der Waals surface area contributed by atoms with Crippen LogP contribution in [0.2, 0.25) is 0 Å². The van der Waals surface area contributed by atoms with Crippen LogP contribution in [-0.4, -0.2) is 10.2 Å². The summed E-state index contributed by atoms with van der Waals surface area (Å²) in [6.07, 6.45) is 0. The summed E-state index contributed by atoms with van der Waals surface area (Å²) in [5.74, 6) is 0. The van der Waals surface area contributed by atoms with Crippen molar-refractivity contribution in [2.45, 2.75) is 6.92 Å². The van der Waals surface area contributed by atoms with Crippen LogP contribution in [0.25, 0.3) is 33.6 Å². The van der Waals surface area contributed by atoms with Crippen molar-refractivity contribution < 1.29 is 4.96 Å². The fourth-order valence-corrected chi connectivity index (χ4v) is 3.00. The second-order valence-electron chi connectivity index (χ2n) is 6.12. The van der Waals surface area contributed by atoms with Crippen LogP contribution in [0.15, 0.2) is 84.9 Å². The largest absolute Gasteiger partial charge is 0.569 e. The molecule has 0 N–H and O–H groups in total. The zero-order valence-corrected chi connectivity index (χ0v) is 14.3. The molecule has 26 heavy (non-hydrogen) atoms. The van der Waals surface area contributed by atoms with Gasteiger partial charge in [-0.15, -0.1) is 0 Å². The molecule has 1 aromatic heterocycles. The summed E-state index contributed by atoms with van der Waals surface area (Å²) in [7, 11) is 0. The Bertz CT molecular complexity index is 969. The maximum atomic E-state index is 12.2. The normalized spacial score (nSPS) is 10.7. The Morgan fingerprint density at radius 1 is 0.615 bits per heavy atom. The van der Waals surface area contributed by atoms with Gasteiger partial charge < -0.3 is 5.21 Å². The lowest BCUT2D eigenvalue weighted by molar-refractivity contribution is -0.726. The van der Waals surface area contributed by atoms with Crippen LogP contribution in [-0.2, 0) is 0 Å². The highest BCUT2D eigenvalue weighted by atomic mass is 16.5. The summed E-state index contributed by atoms with van der Waals surface area (Å²) in [6, 6.07) is 27.6. The van der Waals surface area contributed by atoms with Gasteiger partial charge in [-0.3, -0.25) is 0 Å². The molecule has 4 rings (SSSR count). The number of rotatable bonds is 3. The predicted molar refractivity (Wildman–Crippen MR) is 102 cm³/mol. The van der Waals surface area contributed by atoms with E-state index in [1.165, 1.54) is 5.56 Å². The van der Waals surface area contributed by atoms with Crippen molar-refractivity contribution in [1.29, 1.82) is 0 Å². The zero-order chi connectivity index (χ0) is 17.9. The first-order valence-electron chi connectivity index (χ1n) is 8.42. The first-order chi connectivity index (χ1) is 12.7. The molecule has 0 aliphatic rings. The molecule has 0 spiro atoms. The van der Waals surface area contributed by atoms with Gasteiger partial charge in [-0.05, 0) is 12.5 Å². The van der Waals surface area contributed by atoms with Crippen LogP contribution >= 0.6 is 0 Å². The Labute approximate surface area is 152 Å². The molecule has 126 valence electrons. The van der Waals surface area contributed by atoms with Gasteiger partial charge in [-0.2, -0.15) is 0 Å². The third-order valence-corrected chi connectivity index (χ3v) is 4.28. The molecule has 1 heterocycles.